The summed E-state index contributed by atoms with van der Waals surface area (Å²) in [6, 6.07) is 4.38. The fourth-order valence-electron chi connectivity index (χ4n) is 2.16. The van der Waals surface area contributed by atoms with Crippen LogP contribution < -0.4 is 16.4 Å². The first kappa shape index (κ1) is 13.3. The van der Waals surface area contributed by atoms with Crippen molar-refractivity contribution in [1.29, 1.82) is 0 Å². The Hall–Kier alpha value is -2.15. The van der Waals surface area contributed by atoms with E-state index in [-0.39, 0.29) is 17.3 Å². The monoisotopic (exact) mass is 264 g/mol. The van der Waals surface area contributed by atoms with Crippen molar-refractivity contribution in [2.75, 3.05) is 18.4 Å². The third kappa shape index (κ3) is 3.19. The van der Waals surface area contributed by atoms with Crippen molar-refractivity contribution in [3.8, 4) is 0 Å². The van der Waals surface area contributed by atoms with E-state index in [1.165, 1.54) is 12.1 Å². The molecule has 7 heteroatoms. The van der Waals surface area contributed by atoms with Crippen LogP contribution in [0.3, 0.4) is 0 Å². The zero-order valence-corrected chi connectivity index (χ0v) is 10.4. The molecule has 102 valence electrons. The van der Waals surface area contributed by atoms with Gasteiger partial charge in [-0.2, -0.15) is 0 Å². The molecule has 1 aromatic carbocycles. The molecule has 0 spiro atoms. The lowest BCUT2D eigenvalue weighted by molar-refractivity contribution is -0.384. The summed E-state index contributed by atoms with van der Waals surface area (Å²) in [5.74, 6) is -0.667. The minimum Gasteiger partial charge on any atom is -0.382 e. The first-order chi connectivity index (χ1) is 9.08. The smallest absolute Gasteiger partial charge is 0.270 e. The standard InChI is InChI=1S/C12H16N4O3/c13-12(17)10-7-9(16(18)19)1-2-11(10)15-8-3-5-14-6-4-8/h1-2,7-8,14-15H,3-6H2,(H2,13,17). The van der Waals surface area contributed by atoms with Gasteiger partial charge in [0.05, 0.1) is 10.5 Å². The number of benzene rings is 1. The lowest BCUT2D eigenvalue weighted by atomic mass is 10.0. The number of primary amides is 1. The molecule has 0 aliphatic carbocycles. The molecule has 0 bridgehead atoms. The number of anilines is 1. The fourth-order valence-corrected chi connectivity index (χ4v) is 2.16. The van der Waals surface area contributed by atoms with Crippen molar-refractivity contribution in [3.63, 3.8) is 0 Å². The number of nitrogens with one attached hydrogen (secondary N) is 2. The second-order valence-electron chi connectivity index (χ2n) is 4.52. The molecule has 1 amide bonds. The summed E-state index contributed by atoms with van der Waals surface area (Å²) in [5.41, 5.74) is 5.86. The SMILES string of the molecule is NC(=O)c1cc([N+](=O)[O-])ccc1NC1CCNCC1. The van der Waals surface area contributed by atoms with Crippen LogP contribution >= 0.6 is 0 Å². The van der Waals surface area contributed by atoms with Gasteiger partial charge in [0.1, 0.15) is 0 Å². The molecule has 7 nitrogen and oxygen atoms in total. The van der Waals surface area contributed by atoms with Gasteiger partial charge in [-0.05, 0) is 32.0 Å². The first-order valence-corrected chi connectivity index (χ1v) is 6.13. The summed E-state index contributed by atoms with van der Waals surface area (Å²) < 4.78 is 0. The van der Waals surface area contributed by atoms with E-state index in [1.807, 2.05) is 0 Å². The molecule has 0 saturated carbocycles. The summed E-state index contributed by atoms with van der Waals surface area (Å²) in [6.45, 7) is 1.83. The van der Waals surface area contributed by atoms with Crippen molar-refractivity contribution < 1.29 is 9.72 Å². The van der Waals surface area contributed by atoms with E-state index in [2.05, 4.69) is 10.6 Å². The number of carbonyl (C=O) groups is 1. The Morgan fingerprint density at radius 3 is 2.68 bits per heavy atom. The molecule has 1 heterocycles. The number of hydrogen-bond acceptors (Lipinski definition) is 5. The number of non-ortho nitro benzene ring substituents is 1. The molecule has 0 radical (unpaired) electrons. The lowest BCUT2D eigenvalue weighted by Gasteiger charge is -2.25. The van der Waals surface area contributed by atoms with Crippen LogP contribution in [0, 0.1) is 10.1 Å². The van der Waals surface area contributed by atoms with E-state index in [0.29, 0.717) is 5.69 Å². The summed E-state index contributed by atoms with van der Waals surface area (Å²) in [7, 11) is 0. The number of nitro groups is 1. The van der Waals surface area contributed by atoms with Crippen LogP contribution in [0.15, 0.2) is 18.2 Å². The highest BCUT2D eigenvalue weighted by molar-refractivity contribution is 5.99. The molecule has 19 heavy (non-hydrogen) atoms. The maximum atomic E-state index is 11.4. The predicted octanol–water partition coefficient (Wildman–Crippen LogP) is 0.858. The summed E-state index contributed by atoms with van der Waals surface area (Å²) in [6.07, 6.45) is 1.88. The molecule has 2 rings (SSSR count). The zero-order chi connectivity index (χ0) is 13.8. The van der Waals surface area contributed by atoms with E-state index in [0.717, 1.165) is 25.9 Å². The van der Waals surface area contributed by atoms with E-state index < -0.39 is 10.8 Å². The van der Waals surface area contributed by atoms with Crippen molar-refractivity contribution >= 4 is 17.3 Å². The third-order valence-electron chi connectivity index (χ3n) is 3.18. The van der Waals surface area contributed by atoms with Gasteiger partial charge >= 0.3 is 0 Å². The number of nitrogens with zero attached hydrogens (tertiary/aromatic N) is 1. The Kier molecular flexibility index (Phi) is 3.96. The Morgan fingerprint density at radius 2 is 2.11 bits per heavy atom. The second kappa shape index (κ2) is 5.66. The van der Waals surface area contributed by atoms with E-state index in [4.69, 9.17) is 5.73 Å². The number of amides is 1. The summed E-state index contributed by atoms with van der Waals surface area (Å²) >= 11 is 0. The number of nitrogens with two attached hydrogens (primary N) is 1. The van der Waals surface area contributed by atoms with Gasteiger partial charge in [-0.3, -0.25) is 14.9 Å². The molecule has 0 unspecified atom stereocenters. The Labute approximate surface area is 110 Å². The van der Waals surface area contributed by atoms with Crippen LogP contribution in [0.2, 0.25) is 0 Å². The molecular formula is C12H16N4O3. The van der Waals surface area contributed by atoms with Crippen molar-refractivity contribution in [2.45, 2.75) is 18.9 Å². The largest absolute Gasteiger partial charge is 0.382 e. The first-order valence-electron chi connectivity index (χ1n) is 6.13. The molecule has 4 N–H and O–H groups in total. The molecule has 1 aliphatic heterocycles. The minimum atomic E-state index is -0.667. The second-order valence-corrected chi connectivity index (χ2v) is 4.52. The average molecular weight is 264 g/mol. The Bertz CT molecular complexity index is 498. The van der Waals surface area contributed by atoms with Gasteiger partial charge in [-0.1, -0.05) is 0 Å². The number of rotatable bonds is 4. The Morgan fingerprint density at radius 1 is 1.42 bits per heavy atom. The maximum absolute atomic E-state index is 11.4. The highest BCUT2D eigenvalue weighted by Crippen LogP contribution is 2.23. The lowest BCUT2D eigenvalue weighted by Crippen LogP contribution is -2.35. The predicted molar refractivity (Wildman–Crippen MR) is 71.1 cm³/mol. The molecule has 1 fully saturated rings. The van der Waals surface area contributed by atoms with E-state index in [9.17, 15) is 14.9 Å². The molecule has 1 aromatic rings. The minimum absolute atomic E-state index is 0.135. The van der Waals surface area contributed by atoms with Gasteiger partial charge in [-0.15, -0.1) is 0 Å². The van der Waals surface area contributed by atoms with Crippen LogP contribution in [0.4, 0.5) is 11.4 Å². The van der Waals surface area contributed by atoms with Gasteiger partial charge < -0.3 is 16.4 Å². The normalized spacial score (nSPS) is 16.0. The number of piperidine rings is 1. The van der Waals surface area contributed by atoms with E-state index in [1.54, 1.807) is 6.07 Å². The zero-order valence-electron chi connectivity index (χ0n) is 10.4. The topological polar surface area (TPSA) is 110 Å². The summed E-state index contributed by atoms with van der Waals surface area (Å²) in [5, 5.41) is 17.2. The molecular weight excluding hydrogens is 248 g/mol. The fraction of sp³-hybridized carbons (Fsp3) is 0.417. The van der Waals surface area contributed by atoms with Crippen molar-refractivity contribution in [2.24, 2.45) is 5.73 Å². The van der Waals surface area contributed by atoms with Gasteiger partial charge in [-0.25, -0.2) is 0 Å². The van der Waals surface area contributed by atoms with Gasteiger partial charge in [0.25, 0.3) is 11.6 Å². The highest BCUT2D eigenvalue weighted by atomic mass is 16.6. The molecule has 1 saturated heterocycles. The van der Waals surface area contributed by atoms with Crippen LogP contribution in [0.5, 0.6) is 0 Å². The summed E-state index contributed by atoms with van der Waals surface area (Å²) in [4.78, 5) is 21.5. The van der Waals surface area contributed by atoms with Gasteiger partial charge in [0.2, 0.25) is 0 Å². The Balaban J connectivity index is 2.23. The van der Waals surface area contributed by atoms with Gasteiger partial charge in [0.15, 0.2) is 0 Å². The number of nitro benzene ring substituents is 1. The molecule has 0 aromatic heterocycles. The van der Waals surface area contributed by atoms with Crippen LogP contribution in [0.1, 0.15) is 23.2 Å². The average Bonchev–Trinajstić information content (AvgIpc) is 2.39. The number of hydrogen-bond donors (Lipinski definition) is 3. The quantitative estimate of drug-likeness (QED) is 0.551. The van der Waals surface area contributed by atoms with Gasteiger partial charge in [0, 0.05) is 23.9 Å². The maximum Gasteiger partial charge on any atom is 0.270 e. The third-order valence-corrected chi connectivity index (χ3v) is 3.18. The van der Waals surface area contributed by atoms with Crippen LogP contribution in [-0.4, -0.2) is 30.0 Å². The van der Waals surface area contributed by atoms with Crippen molar-refractivity contribution in [1.82, 2.24) is 5.32 Å². The molecule has 0 atom stereocenters. The highest BCUT2D eigenvalue weighted by Gasteiger charge is 2.18. The number of carbonyl (C=O) groups excluding carboxylic acids is 1. The van der Waals surface area contributed by atoms with Crippen LogP contribution in [0.25, 0.3) is 0 Å². The van der Waals surface area contributed by atoms with E-state index >= 15 is 0 Å². The van der Waals surface area contributed by atoms with Crippen molar-refractivity contribution in [3.05, 3.63) is 33.9 Å². The van der Waals surface area contributed by atoms with Crippen LogP contribution in [-0.2, 0) is 0 Å². The molecule has 1 aliphatic rings.